The Morgan fingerprint density at radius 2 is 1.91 bits per heavy atom. The molecule has 4 aromatic rings. The lowest BCUT2D eigenvalue weighted by molar-refractivity contribution is 0.0996. The lowest BCUT2D eigenvalue weighted by Crippen LogP contribution is -2.11. The number of carbonyl (C=O) groups is 1. The summed E-state index contributed by atoms with van der Waals surface area (Å²) in [7, 11) is 3.92. The molecule has 0 saturated carbocycles. The highest BCUT2D eigenvalue weighted by molar-refractivity contribution is 6.34. The molecule has 8 heteroatoms. The summed E-state index contributed by atoms with van der Waals surface area (Å²) in [5, 5.41) is 3.38. The van der Waals surface area contributed by atoms with Gasteiger partial charge >= 0.3 is 0 Å². The van der Waals surface area contributed by atoms with Crippen molar-refractivity contribution < 1.29 is 9.21 Å². The number of hydrogen-bond donors (Lipinski definition) is 1. The van der Waals surface area contributed by atoms with E-state index in [1.165, 1.54) is 6.26 Å². The first kappa shape index (κ1) is 20.9. The molecule has 0 unspecified atom stereocenters. The Morgan fingerprint density at radius 3 is 2.64 bits per heavy atom. The first-order valence-electron chi connectivity index (χ1n) is 10.3. The molecule has 0 fully saturated rings. The van der Waals surface area contributed by atoms with Crippen LogP contribution in [0.15, 0.2) is 76.6 Å². The molecule has 164 valence electrons. The molecule has 0 aliphatic carbocycles. The number of benzene rings is 1. The van der Waals surface area contributed by atoms with Crippen molar-refractivity contribution in [3.63, 3.8) is 0 Å². The van der Waals surface area contributed by atoms with Crippen LogP contribution in [0.1, 0.15) is 21.7 Å². The Bertz CT molecular complexity index is 1360. The van der Waals surface area contributed by atoms with Gasteiger partial charge in [-0.05, 0) is 48.5 Å². The molecule has 33 heavy (non-hydrogen) atoms. The number of nitrogens with zero attached hydrogens (tertiary/aromatic N) is 4. The number of carbonyl (C=O) groups excluding carboxylic acids is 1. The van der Waals surface area contributed by atoms with Gasteiger partial charge in [-0.25, -0.2) is 15.0 Å². The number of aromatic nitrogens is 2. The van der Waals surface area contributed by atoms with Gasteiger partial charge in [0.1, 0.15) is 5.82 Å². The number of anilines is 2. The van der Waals surface area contributed by atoms with Crippen molar-refractivity contribution in [3.05, 3.63) is 89.1 Å². The van der Waals surface area contributed by atoms with Crippen molar-refractivity contribution in [2.75, 3.05) is 24.3 Å². The van der Waals surface area contributed by atoms with Gasteiger partial charge in [0.25, 0.3) is 5.91 Å². The van der Waals surface area contributed by atoms with Crippen molar-refractivity contribution >= 4 is 40.5 Å². The number of pyridine rings is 2. The van der Waals surface area contributed by atoms with E-state index in [0.717, 1.165) is 33.8 Å². The fourth-order valence-corrected chi connectivity index (χ4v) is 3.87. The zero-order valence-electron chi connectivity index (χ0n) is 18.0. The van der Waals surface area contributed by atoms with Crippen molar-refractivity contribution in [3.8, 4) is 11.1 Å². The molecule has 7 nitrogen and oxygen atoms in total. The predicted octanol–water partition coefficient (Wildman–Crippen LogP) is 5.39. The number of aliphatic imine (C=N–C) groups is 1. The summed E-state index contributed by atoms with van der Waals surface area (Å²) in [6.45, 7) is 0. The van der Waals surface area contributed by atoms with E-state index in [-0.39, 0.29) is 11.7 Å². The van der Waals surface area contributed by atoms with Crippen LogP contribution < -0.4 is 10.2 Å². The molecule has 1 amide bonds. The molecule has 1 aromatic carbocycles. The highest BCUT2D eigenvalue weighted by Gasteiger charge is 2.21. The average Bonchev–Trinajstić information content (AvgIpc) is 3.50. The van der Waals surface area contributed by atoms with Crippen LogP contribution in [0.25, 0.3) is 11.1 Å². The minimum atomic E-state index is -0.329. The lowest BCUT2D eigenvalue weighted by Gasteiger charge is -2.11. The summed E-state index contributed by atoms with van der Waals surface area (Å²) in [5.41, 5.74) is 5.15. The smallest absolute Gasteiger partial charge is 0.291 e. The van der Waals surface area contributed by atoms with E-state index in [0.29, 0.717) is 22.9 Å². The molecule has 0 radical (unpaired) electrons. The van der Waals surface area contributed by atoms with Crippen LogP contribution in [-0.2, 0) is 6.42 Å². The molecule has 0 saturated heterocycles. The molecule has 1 aliphatic heterocycles. The third-order valence-electron chi connectivity index (χ3n) is 5.36. The van der Waals surface area contributed by atoms with Gasteiger partial charge in [-0.1, -0.05) is 11.6 Å². The predicted molar refractivity (Wildman–Crippen MR) is 130 cm³/mol. The van der Waals surface area contributed by atoms with Crippen LogP contribution in [0.5, 0.6) is 0 Å². The summed E-state index contributed by atoms with van der Waals surface area (Å²) >= 11 is 6.48. The number of halogens is 1. The van der Waals surface area contributed by atoms with Gasteiger partial charge in [0.2, 0.25) is 0 Å². The molecule has 5 rings (SSSR count). The summed E-state index contributed by atoms with van der Waals surface area (Å²) < 4.78 is 5.15. The quantitative estimate of drug-likeness (QED) is 0.434. The van der Waals surface area contributed by atoms with Crippen LogP contribution in [0, 0.1) is 0 Å². The first-order chi connectivity index (χ1) is 16.0. The largest absolute Gasteiger partial charge is 0.459 e. The van der Waals surface area contributed by atoms with Crippen molar-refractivity contribution in [1.29, 1.82) is 0 Å². The lowest BCUT2D eigenvalue weighted by atomic mass is 10.0. The third-order valence-corrected chi connectivity index (χ3v) is 5.69. The SMILES string of the molecule is CN(C)c1ccc(-c2cnc3c(c2)CC(c2cc(NC(=O)c4ccco4)ccc2Cl)=N3)cn1. The molecular formula is C25H20ClN5O2. The highest BCUT2D eigenvalue weighted by Crippen LogP contribution is 2.33. The second-order valence-electron chi connectivity index (χ2n) is 7.87. The summed E-state index contributed by atoms with van der Waals surface area (Å²) in [4.78, 5) is 28.0. The molecule has 3 aromatic heterocycles. The Hall–Kier alpha value is -3.97. The zero-order valence-corrected chi connectivity index (χ0v) is 18.8. The average molecular weight is 458 g/mol. The molecule has 1 N–H and O–H groups in total. The third kappa shape index (κ3) is 4.23. The Labute approximate surface area is 195 Å². The molecule has 1 aliphatic rings. The molecule has 0 atom stereocenters. The van der Waals surface area contributed by atoms with Gasteiger partial charge in [-0.2, -0.15) is 0 Å². The maximum absolute atomic E-state index is 12.3. The highest BCUT2D eigenvalue weighted by atomic mass is 35.5. The van der Waals surface area contributed by atoms with Gasteiger partial charge in [0, 0.05) is 65.9 Å². The van der Waals surface area contributed by atoms with E-state index in [9.17, 15) is 4.79 Å². The number of furan rings is 1. The number of nitrogens with one attached hydrogen (secondary N) is 1. The van der Waals surface area contributed by atoms with E-state index in [1.54, 1.807) is 30.5 Å². The number of fused-ring (bicyclic) bond motifs is 1. The molecule has 4 heterocycles. The fourth-order valence-electron chi connectivity index (χ4n) is 3.64. The van der Waals surface area contributed by atoms with Crippen molar-refractivity contribution in [1.82, 2.24) is 9.97 Å². The normalized spacial score (nSPS) is 12.3. The number of amides is 1. The summed E-state index contributed by atoms with van der Waals surface area (Å²) in [6.07, 6.45) is 5.70. The number of hydrogen-bond acceptors (Lipinski definition) is 6. The van der Waals surface area contributed by atoms with Crippen LogP contribution >= 0.6 is 11.6 Å². The van der Waals surface area contributed by atoms with E-state index >= 15 is 0 Å². The maximum atomic E-state index is 12.3. The Morgan fingerprint density at radius 1 is 1.06 bits per heavy atom. The zero-order chi connectivity index (χ0) is 22.9. The van der Waals surface area contributed by atoms with E-state index < -0.39 is 0 Å². The fraction of sp³-hybridized carbons (Fsp3) is 0.120. The molecule has 0 bridgehead atoms. The van der Waals surface area contributed by atoms with Gasteiger partial charge in [-0.15, -0.1) is 0 Å². The Kier molecular flexibility index (Phi) is 5.40. The summed E-state index contributed by atoms with van der Waals surface area (Å²) in [6, 6.07) is 14.7. The van der Waals surface area contributed by atoms with Crippen LogP contribution in [0.3, 0.4) is 0 Å². The van der Waals surface area contributed by atoms with E-state index in [1.807, 2.05) is 43.4 Å². The minimum absolute atomic E-state index is 0.238. The van der Waals surface area contributed by atoms with E-state index in [4.69, 9.17) is 21.0 Å². The Balaban J connectivity index is 1.38. The van der Waals surface area contributed by atoms with Crippen molar-refractivity contribution in [2.24, 2.45) is 4.99 Å². The van der Waals surface area contributed by atoms with Gasteiger partial charge in [0.05, 0.1) is 12.0 Å². The number of rotatable bonds is 5. The summed E-state index contributed by atoms with van der Waals surface area (Å²) in [5.74, 6) is 1.48. The van der Waals surface area contributed by atoms with Gasteiger partial charge in [-0.3, -0.25) is 4.79 Å². The first-order valence-corrected chi connectivity index (χ1v) is 10.7. The standard InChI is InChI=1S/C25H20ClN5O2/c1-31(2)23-8-5-15(13-27-23)17-10-16-11-21(30-24(16)28-14-17)19-12-18(6-7-20(19)26)29-25(32)22-4-3-9-33-22/h3-10,12-14H,11H2,1-2H3,(H,29,32). The van der Waals surface area contributed by atoms with Gasteiger partial charge < -0.3 is 14.6 Å². The topological polar surface area (TPSA) is 83.6 Å². The van der Waals surface area contributed by atoms with Crippen LogP contribution in [0.4, 0.5) is 17.3 Å². The van der Waals surface area contributed by atoms with Gasteiger partial charge in [0.15, 0.2) is 11.6 Å². The van der Waals surface area contributed by atoms with Crippen molar-refractivity contribution in [2.45, 2.75) is 6.42 Å². The molecule has 0 spiro atoms. The van der Waals surface area contributed by atoms with Crippen LogP contribution in [0.2, 0.25) is 5.02 Å². The monoisotopic (exact) mass is 457 g/mol. The second kappa shape index (κ2) is 8.52. The second-order valence-corrected chi connectivity index (χ2v) is 8.27. The minimum Gasteiger partial charge on any atom is -0.459 e. The maximum Gasteiger partial charge on any atom is 0.291 e. The van der Waals surface area contributed by atoms with Crippen LogP contribution in [-0.4, -0.2) is 35.7 Å². The molecular weight excluding hydrogens is 438 g/mol. The van der Waals surface area contributed by atoms with E-state index in [2.05, 4.69) is 21.4 Å².